The van der Waals surface area contributed by atoms with Crippen LogP contribution in [0.2, 0.25) is 0 Å². The topological polar surface area (TPSA) is 45.0 Å². The third-order valence-corrected chi connectivity index (χ3v) is 3.43. The minimum Gasteiger partial charge on any atom is -0.497 e. The molecule has 0 heterocycles. The highest BCUT2D eigenvalue weighted by atomic mass is 79.9. The van der Waals surface area contributed by atoms with Crippen molar-refractivity contribution in [2.75, 3.05) is 12.4 Å². The van der Waals surface area contributed by atoms with Crippen LogP contribution in [0.4, 0.5) is 10.1 Å². The number of hydrogen-bond donors (Lipinski definition) is 1. The summed E-state index contributed by atoms with van der Waals surface area (Å²) in [6, 6.07) is 13.3. The molecule has 0 aromatic heterocycles. The van der Waals surface area contributed by atoms with Gasteiger partial charge in [-0.1, -0.05) is 12.1 Å². The van der Waals surface area contributed by atoms with Crippen LogP contribution in [0, 0.1) is 17.1 Å². The van der Waals surface area contributed by atoms with Gasteiger partial charge in [0.1, 0.15) is 17.6 Å². The molecule has 0 spiro atoms. The molecule has 0 radical (unpaired) electrons. The highest BCUT2D eigenvalue weighted by Gasteiger charge is 2.12. The van der Waals surface area contributed by atoms with Crippen molar-refractivity contribution in [2.24, 2.45) is 0 Å². The summed E-state index contributed by atoms with van der Waals surface area (Å²) in [4.78, 5) is 0. The van der Waals surface area contributed by atoms with Gasteiger partial charge in [0.05, 0.1) is 17.7 Å². The Kier molecular flexibility index (Phi) is 4.59. The molecule has 0 fully saturated rings. The Morgan fingerprint density at radius 2 is 2.10 bits per heavy atom. The van der Waals surface area contributed by atoms with E-state index in [9.17, 15) is 9.65 Å². The maximum absolute atomic E-state index is 13.5. The summed E-state index contributed by atoms with van der Waals surface area (Å²) < 4.78 is 19.0. The minimum atomic E-state index is -0.635. The number of rotatable bonds is 4. The Balaban J connectivity index is 2.24. The average Bonchev–Trinajstić information content (AvgIpc) is 2.48. The monoisotopic (exact) mass is 334 g/mol. The van der Waals surface area contributed by atoms with E-state index >= 15 is 0 Å². The van der Waals surface area contributed by atoms with Gasteiger partial charge >= 0.3 is 0 Å². The Labute approximate surface area is 125 Å². The van der Waals surface area contributed by atoms with E-state index in [0.717, 1.165) is 5.69 Å². The van der Waals surface area contributed by atoms with Gasteiger partial charge < -0.3 is 10.1 Å². The van der Waals surface area contributed by atoms with E-state index in [1.165, 1.54) is 6.07 Å². The Morgan fingerprint density at radius 1 is 1.30 bits per heavy atom. The van der Waals surface area contributed by atoms with Crippen LogP contribution in [0.3, 0.4) is 0 Å². The molecule has 2 aromatic rings. The Bertz CT molecular complexity index is 655. The lowest BCUT2D eigenvalue weighted by atomic mass is 10.1. The molecular weight excluding hydrogens is 323 g/mol. The van der Waals surface area contributed by atoms with E-state index in [2.05, 4.69) is 27.3 Å². The lowest BCUT2D eigenvalue weighted by molar-refractivity contribution is 0.415. The van der Waals surface area contributed by atoms with Crippen molar-refractivity contribution in [1.82, 2.24) is 0 Å². The van der Waals surface area contributed by atoms with Crippen LogP contribution in [0.25, 0.3) is 0 Å². The van der Waals surface area contributed by atoms with E-state index in [0.29, 0.717) is 15.8 Å². The molecule has 0 aliphatic rings. The molecule has 0 bridgehead atoms. The first kappa shape index (κ1) is 14.4. The molecule has 0 aliphatic heterocycles. The van der Waals surface area contributed by atoms with Crippen molar-refractivity contribution in [3.8, 4) is 11.8 Å². The molecule has 1 N–H and O–H groups in total. The summed E-state index contributed by atoms with van der Waals surface area (Å²) in [6.45, 7) is 0. The number of hydrogen-bond acceptors (Lipinski definition) is 3. The number of nitrogens with one attached hydrogen (secondary N) is 1. The fourth-order valence-electron chi connectivity index (χ4n) is 1.76. The second-order valence-electron chi connectivity index (χ2n) is 4.11. The zero-order chi connectivity index (χ0) is 14.5. The number of benzene rings is 2. The van der Waals surface area contributed by atoms with Crippen LogP contribution in [0.1, 0.15) is 11.6 Å². The van der Waals surface area contributed by atoms with Gasteiger partial charge in [0, 0.05) is 11.8 Å². The van der Waals surface area contributed by atoms with Gasteiger partial charge in [0.15, 0.2) is 0 Å². The lowest BCUT2D eigenvalue weighted by Gasteiger charge is -2.14. The van der Waals surface area contributed by atoms with Crippen molar-refractivity contribution < 1.29 is 9.13 Å². The van der Waals surface area contributed by atoms with Gasteiger partial charge in [-0.15, -0.1) is 0 Å². The van der Waals surface area contributed by atoms with Crippen molar-refractivity contribution in [3.63, 3.8) is 0 Å². The summed E-state index contributed by atoms with van der Waals surface area (Å²) >= 11 is 3.09. The third kappa shape index (κ3) is 3.28. The van der Waals surface area contributed by atoms with Crippen LogP contribution in [-0.4, -0.2) is 7.11 Å². The van der Waals surface area contributed by atoms with Gasteiger partial charge in [-0.25, -0.2) is 4.39 Å². The largest absolute Gasteiger partial charge is 0.497 e. The summed E-state index contributed by atoms with van der Waals surface area (Å²) in [5, 5.41) is 12.3. The van der Waals surface area contributed by atoms with Gasteiger partial charge in [-0.2, -0.15) is 5.26 Å². The highest BCUT2D eigenvalue weighted by molar-refractivity contribution is 9.10. The SMILES string of the molecule is COc1cccc(NC(C#N)c2ccc(Br)c(F)c2)c1. The number of methoxy groups -OCH3 is 1. The zero-order valence-electron chi connectivity index (χ0n) is 10.7. The zero-order valence-corrected chi connectivity index (χ0v) is 12.3. The number of ether oxygens (including phenoxy) is 1. The van der Waals surface area contributed by atoms with Crippen molar-refractivity contribution >= 4 is 21.6 Å². The predicted octanol–water partition coefficient (Wildman–Crippen LogP) is 4.27. The first-order valence-corrected chi connectivity index (χ1v) is 6.68. The molecule has 0 saturated heterocycles. The molecule has 2 aromatic carbocycles. The van der Waals surface area contributed by atoms with Crippen LogP contribution >= 0.6 is 15.9 Å². The van der Waals surface area contributed by atoms with E-state index in [1.807, 2.05) is 18.2 Å². The number of nitriles is 1. The lowest BCUT2D eigenvalue weighted by Crippen LogP contribution is -2.08. The van der Waals surface area contributed by atoms with Crippen LogP contribution in [0.5, 0.6) is 5.75 Å². The molecule has 0 saturated carbocycles. The van der Waals surface area contributed by atoms with E-state index in [-0.39, 0.29) is 0 Å². The quantitative estimate of drug-likeness (QED) is 0.907. The number of anilines is 1. The van der Waals surface area contributed by atoms with Crippen LogP contribution in [0.15, 0.2) is 46.9 Å². The number of nitrogens with zero attached hydrogens (tertiary/aromatic N) is 1. The summed E-state index contributed by atoms with van der Waals surface area (Å²) in [7, 11) is 1.57. The molecule has 102 valence electrons. The molecule has 0 amide bonds. The standard InChI is InChI=1S/C15H12BrFN2O/c1-20-12-4-2-3-11(8-12)19-15(9-18)10-5-6-13(16)14(17)7-10/h2-8,15,19H,1H3. The third-order valence-electron chi connectivity index (χ3n) is 2.79. The van der Waals surface area contributed by atoms with Crippen LogP contribution in [-0.2, 0) is 0 Å². The van der Waals surface area contributed by atoms with Gasteiger partial charge in [0.2, 0.25) is 0 Å². The first-order valence-electron chi connectivity index (χ1n) is 5.89. The molecule has 2 rings (SSSR count). The van der Waals surface area contributed by atoms with Gasteiger partial charge in [-0.05, 0) is 45.8 Å². The summed E-state index contributed by atoms with van der Waals surface area (Å²) in [5.41, 5.74) is 1.30. The van der Waals surface area contributed by atoms with Crippen molar-refractivity contribution in [2.45, 2.75) is 6.04 Å². The first-order chi connectivity index (χ1) is 9.63. The summed E-state index contributed by atoms with van der Waals surface area (Å²) in [5.74, 6) is 0.295. The van der Waals surface area contributed by atoms with Crippen molar-refractivity contribution in [1.29, 1.82) is 5.26 Å². The highest BCUT2D eigenvalue weighted by Crippen LogP contribution is 2.25. The number of halogens is 2. The molecule has 3 nitrogen and oxygen atoms in total. The van der Waals surface area contributed by atoms with Crippen molar-refractivity contribution in [3.05, 3.63) is 58.3 Å². The molecule has 0 aliphatic carbocycles. The molecular formula is C15H12BrFN2O. The van der Waals surface area contributed by atoms with E-state index in [1.54, 1.807) is 25.3 Å². The molecule has 5 heteroatoms. The summed E-state index contributed by atoms with van der Waals surface area (Å²) in [6.07, 6.45) is 0. The van der Waals surface area contributed by atoms with Crippen LogP contribution < -0.4 is 10.1 Å². The molecule has 20 heavy (non-hydrogen) atoms. The Hall–Kier alpha value is -2.06. The van der Waals surface area contributed by atoms with Gasteiger partial charge in [0.25, 0.3) is 0 Å². The maximum atomic E-state index is 13.5. The van der Waals surface area contributed by atoms with E-state index < -0.39 is 11.9 Å². The second kappa shape index (κ2) is 6.40. The van der Waals surface area contributed by atoms with Gasteiger partial charge in [-0.3, -0.25) is 0 Å². The smallest absolute Gasteiger partial charge is 0.140 e. The maximum Gasteiger partial charge on any atom is 0.140 e. The molecule has 1 unspecified atom stereocenters. The van der Waals surface area contributed by atoms with E-state index in [4.69, 9.17) is 4.74 Å². The Morgan fingerprint density at radius 3 is 2.75 bits per heavy atom. The fraction of sp³-hybridized carbons (Fsp3) is 0.133. The second-order valence-corrected chi connectivity index (χ2v) is 4.97. The average molecular weight is 335 g/mol. The normalized spacial score (nSPS) is 11.5. The molecule has 1 atom stereocenters. The predicted molar refractivity (Wildman–Crippen MR) is 79.1 cm³/mol. The minimum absolute atomic E-state index is 0.374. The fourth-order valence-corrected chi connectivity index (χ4v) is 2.01.